The highest BCUT2D eigenvalue weighted by Crippen LogP contribution is 2.37. The molecule has 1 aromatic rings. The Labute approximate surface area is 108 Å². The van der Waals surface area contributed by atoms with Crippen LogP contribution < -0.4 is 15.2 Å². The van der Waals surface area contributed by atoms with Gasteiger partial charge in [0.25, 0.3) is 12.9 Å². The first-order valence-corrected chi connectivity index (χ1v) is 5.03. The molecule has 2 N–H and O–H groups in total. The van der Waals surface area contributed by atoms with Gasteiger partial charge in [0.15, 0.2) is 23.1 Å². The number of hydrogen-bond acceptors (Lipinski definition) is 3. The molecule has 0 atom stereocenters. The molecule has 10 heteroatoms. The predicted molar refractivity (Wildman–Crippen MR) is 53.7 cm³/mol. The molecule has 0 aromatic heterocycles. The molecule has 0 amide bonds. The number of anilines is 1. The van der Waals surface area contributed by atoms with Crippen LogP contribution in [0.4, 0.5) is 36.4 Å². The summed E-state index contributed by atoms with van der Waals surface area (Å²) in [4.78, 5) is 0. The van der Waals surface area contributed by atoms with Crippen molar-refractivity contribution < 1.29 is 40.2 Å². The number of halogens is 7. The number of hydrogen-bond donors (Lipinski definition) is 1. The van der Waals surface area contributed by atoms with Crippen LogP contribution >= 0.6 is 0 Å². The summed E-state index contributed by atoms with van der Waals surface area (Å²) in [6, 6.07) is 0. The Morgan fingerprint density at radius 1 is 0.750 bits per heavy atom. The fourth-order valence-electron chi connectivity index (χ4n) is 1.18. The summed E-state index contributed by atoms with van der Waals surface area (Å²) < 4.78 is 96.2. The second kappa shape index (κ2) is 6.53. The van der Waals surface area contributed by atoms with Crippen LogP contribution in [0.1, 0.15) is 0 Å². The Morgan fingerprint density at radius 2 is 1.10 bits per heavy atom. The summed E-state index contributed by atoms with van der Waals surface area (Å²) >= 11 is 0. The normalized spacial score (nSPS) is 11.2. The Balaban J connectivity index is 3.17. The molecule has 1 aromatic carbocycles. The summed E-state index contributed by atoms with van der Waals surface area (Å²) in [7, 11) is 0. The van der Waals surface area contributed by atoms with Crippen LogP contribution in [0.15, 0.2) is 0 Å². The van der Waals surface area contributed by atoms with E-state index in [0.29, 0.717) is 0 Å². The average molecular weight is 307 g/mol. The quantitative estimate of drug-likeness (QED) is 0.649. The van der Waals surface area contributed by atoms with Crippen LogP contribution in [-0.4, -0.2) is 26.1 Å². The van der Waals surface area contributed by atoms with Gasteiger partial charge in [-0.2, -0.15) is 4.39 Å². The molecule has 0 fully saturated rings. The molecule has 0 aliphatic rings. The first-order chi connectivity index (χ1) is 9.25. The van der Waals surface area contributed by atoms with Gasteiger partial charge < -0.3 is 15.2 Å². The summed E-state index contributed by atoms with van der Waals surface area (Å²) in [5, 5.41) is 0. The van der Waals surface area contributed by atoms with Crippen molar-refractivity contribution in [1.29, 1.82) is 0 Å². The lowest BCUT2D eigenvalue weighted by molar-refractivity contribution is 0.0714. The molecule has 0 radical (unpaired) electrons. The fourth-order valence-corrected chi connectivity index (χ4v) is 1.18. The third-order valence-electron chi connectivity index (χ3n) is 1.98. The van der Waals surface area contributed by atoms with Gasteiger partial charge >= 0.3 is 0 Å². The van der Waals surface area contributed by atoms with Gasteiger partial charge in [0.2, 0.25) is 5.82 Å². The molecule has 1 rings (SSSR count). The Kier molecular flexibility index (Phi) is 5.28. The Bertz CT molecular complexity index is 442. The van der Waals surface area contributed by atoms with Crippen LogP contribution in [0.3, 0.4) is 0 Å². The minimum absolute atomic E-state index is 1.29. The zero-order valence-corrected chi connectivity index (χ0v) is 9.61. The molecule has 0 saturated heterocycles. The standard InChI is InChI=1S/C10H8F7NO2/c11-3(12)1-19-9-5(15)8(18)6(16)10(7(9)17)20-2-4(13)14/h3-4H,1-2,18H2. The van der Waals surface area contributed by atoms with Crippen LogP contribution in [0.2, 0.25) is 0 Å². The fraction of sp³-hybridized carbons (Fsp3) is 0.400. The van der Waals surface area contributed by atoms with E-state index in [0.717, 1.165) is 0 Å². The molecular weight excluding hydrogens is 299 g/mol. The molecule has 0 aliphatic heterocycles. The van der Waals surface area contributed by atoms with Gasteiger partial charge in [-0.3, -0.25) is 0 Å². The molecule has 0 bridgehead atoms. The highest BCUT2D eigenvalue weighted by Gasteiger charge is 2.27. The first-order valence-electron chi connectivity index (χ1n) is 5.03. The van der Waals surface area contributed by atoms with E-state index in [1.165, 1.54) is 0 Å². The highest BCUT2D eigenvalue weighted by atomic mass is 19.3. The number of nitrogens with two attached hydrogens (primary N) is 1. The molecule has 20 heavy (non-hydrogen) atoms. The molecule has 0 aliphatic carbocycles. The van der Waals surface area contributed by atoms with E-state index in [-0.39, 0.29) is 0 Å². The topological polar surface area (TPSA) is 44.5 Å². The Morgan fingerprint density at radius 3 is 1.40 bits per heavy atom. The zero-order chi connectivity index (χ0) is 15.4. The highest BCUT2D eigenvalue weighted by molar-refractivity contribution is 5.55. The van der Waals surface area contributed by atoms with Crippen LogP contribution in [0.25, 0.3) is 0 Å². The molecule has 114 valence electrons. The van der Waals surface area contributed by atoms with Gasteiger partial charge in [0.1, 0.15) is 18.9 Å². The maximum atomic E-state index is 13.6. The van der Waals surface area contributed by atoms with E-state index in [1.807, 2.05) is 0 Å². The lowest BCUT2D eigenvalue weighted by atomic mass is 10.2. The van der Waals surface area contributed by atoms with Crippen molar-refractivity contribution in [3.05, 3.63) is 17.5 Å². The van der Waals surface area contributed by atoms with Gasteiger partial charge in [-0.15, -0.1) is 0 Å². The number of alkyl halides is 4. The summed E-state index contributed by atoms with van der Waals surface area (Å²) in [6.07, 6.45) is -6.13. The monoisotopic (exact) mass is 307 g/mol. The minimum Gasteiger partial charge on any atom is -0.481 e. The second-order valence-corrected chi connectivity index (χ2v) is 3.42. The van der Waals surface area contributed by atoms with E-state index >= 15 is 0 Å². The number of nitrogen functional groups attached to an aromatic ring is 1. The van der Waals surface area contributed by atoms with E-state index < -0.39 is 60.7 Å². The van der Waals surface area contributed by atoms with E-state index in [1.54, 1.807) is 0 Å². The van der Waals surface area contributed by atoms with Crippen molar-refractivity contribution in [3.8, 4) is 11.5 Å². The molecule has 3 nitrogen and oxygen atoms in total. The predicted octanol–water partition coefficient (Wildman–Crippen LogP) is 2.97. The SMILES string of the molecule is Nc1c(F)c(OCC(F)F)c(F)c(OCC(F)F)c1F. The largest absolute Gasteiger partial charge is 0.481 e. The lowest BCUT2D eigenvalue weighted by Crippen LogP contribution is -2.14. The maximum Gasteiger partial charge on any atom is 0.272 e. The van der Waals surface area contributed by atoms with E-state index in [2.05, 4.69) is 9.47 Å². The summed E-state index contributed by atoms with van der Waals surface area (Å²) in [6.45, 7) is -2.79. The zero-order valence-electron chi connectivity index (χ0n) is 9.61. The number of rotatable bonds is 6. The van der Waals surface area contributed by atoms with Crippen molar-refractivity contribution in [2.24, 2.45) is 0 Å². The number of ether oxygens (including phenoxy) is 2. The van der Waals surface area contributed by atoms with Gasteiger partial charge in [0.05, 0.1) is 0 Å². The van der Waals surface area contributed by atoms with Gasteiger partial charge in [-0.25, -0.2) is 26.3 Å². The second-order valence-electron chi connectivity index (χ2n) is 3.42. The van der Waals surface area contributed by atoms with Crippen molar-refractivity contribution in [1.82, 2.24) is 0 Å². The Hall–Kier alpha value is -1.87. The van der Waals surface area contributed by atoms with Crippen molar-refractivity contribution in [2.45, 2.75) is 12.9 Å². The molecule has 0 heterocycles. The number of benzene rings is 1. The maximum absolute atomic E-state index is 13.6. The lowest BCUT2D eigenvalue weighted by Gasteiger charge is -2.14. The summed E-state index contributed by atoms with van der Waals surface area (Å²) in [5.41, 5.74) is 3.62. The van der Waals surface area contributed by atoms with Gasteiger partial charge in [0, 0.05) is 0 Å². The van der Waals surface area contributed by atoms with Crippen LogP contribution in [-0.2, 0) is 0 Å². The van der Waals surface area contributed by atoms with Gasteiger partial charge in [-0.05, 0) is 0 Å². The third kappa shape index (κ3) is 3.58. The van der Waals surface area contributed by atoms with Crippen LogP contribution in [0, 0.1) is 17.5 Å². The van der Waals surface area contributed by atoms with Crippen molar-refractivity contribution in [3.63, 3.8) is 0 Å². The molecule has 0 spiro atoms. The molecule has 0 saturated carbocycles. The third-order valence-corrected chi connectivity index (χ3v) is 1.98. The van der Waals surface area contributed by atoms with Gasteiger partial charge in [-0.1, -0.05) is 0 Å². The molecular formula is C10H8F7NO2. The van der Waals surface area contributed by atoms with E-state index in [9.17, 15) is 30.7 Å². The molecule has 0 unspecified atom stereocenters. The average Bonchev–Trinajstić information content (AvgIpc) is 2.35. The smallest absolute Gasteiger partial charge is 0.272 e. The van der Waals surface area contributed by atoms with Crippen molar-refractivity contribution >= 4 is 5.69 Å². The minimum atomic E-state index is -3.06. The summed E-state index contributed by atoms with van der Waals surface area (Å²) in [5.74, 6) is -8.23. The van der Waals surface area contributed by atoms with Crippen molar-refractivity contribution in [2.75, 3.05) is 18.9 Å². The van der Waals surface area contributed by atoms with Crippen LogP contribution in [0.5, 0.6) is 11.5 Å². The van der Waals surface area contributed by atoms with E-state index in [4.69, 9.17) is 5.73 Å². The first kappa shape index (κ1) is 16.2.